The molecule has 2 aromatic heterocycles. The summed E-state index contributed by atoms with van der Waals surface area (Å²) in [7, 11) is 2.60. The number of pyridine rings is 1. The first-order chi connectivity index (χ1) is 18.2. The quantitative estimate of drug-likeness (QED) is 0.336. The highest BCUT2D eigenvalue weighted by Gasteiger charge is 2.39. The minimum atomic E-state index is -0.890. The number of aliphatic hydroxyl groups is 1. The van der Waals surface area contributed by atoms with E-state index in [9.17, 15) is 5.11 Å². The van der Waals surface area contributed by atoms with E-state index in [0.717, 1.165) is 38.5 Å². The molecule has 11 heteroatoms. The number of benzene rings is 1. The van der Waals surface area contributed by atoms with Crippen LogP contribution in [0.4, 0.5) is 20.5 Å². The normalized spacial score (nSPS) is 14.6. The Kier molecular flexibility index (Phi) is 8.47. The van der Waals surface area contributed by atoms with E-state index >= 15 is 8.78 Å². The van der Waals surface area contributed by atoms with E-state index in [4.69, 9.17) is 9.47 Å². The van der Waals surface area contributed by atoms with Crippen molar-refractivity contribution in [3.05, 3.63) is 30.0 Å². The number of β-amino-alcohol motifs (C(OH)–C–C–N with tert-alkyl or cyclic N) is 1. The summed E-state index contributed by atoms with van der Waals surface area (Å²) >= 11 is 0. The number of methoxy groups -OCH3 is 2. The molecule has 1 aromatic carbocycles. The lowest BCUT2D eigenvalue weighted by molar-refractivity contribution is 0.0307. The molecule has 0 saturated carbocycles. The zero-order valence-corrected chi connectivity index (χ0v) is 22.6. The topological polar surface area (TPSA) is 95.9 Å². The minimum absolute atomic E-state index is 0.0481. The number of hydrogen-bond donors (Lipinski definition) is 2. The van der Waals surface area contributed by atoms with Crippen LogP contribution in [-0.4, -0.2) is 84.0 Å². The molecule has 1 saturated heterocycles. The summed E-state index contributed by atoms with van der Waals surface area (Å²) in [5.41, 5.74) is -0.682. The Morgan fingerprint density at radius 2 is 1.71 bits per heavy atom. The molecule has 9 nitrogen and oxygen atoms in total. The van der Waals surface area contributed by atoms with E-state index < -0.39 is 17.2 Å². The van der Waals surface area contributed by atoms with E-state index in [0.29, 0.717) is 42.3 Å². The van der Waals surface area contributed by atoms with Gasteiger partial charge in [-0.15, -0.1) is 0 Å². The molecule has 4 rings (SSSR count). The van der Waals surface area contributed by atoms with Gasteiger partial charge in [-0.25, -0.2) is 23.7 Å². The van der Waals surface area contributed by atoms with Gasteiger partial charge in [0.2, 0.25) is 5.95 Å². The molecule has 0 amide bonds. The van der Waals surface area contributed by atoms with Crippen LogP contribution in [0.2, 0.25) is 0 Å². The maximum Gasteiger partial charge on any atom is 0.223 e. The summed E-state index contributed by atoms with van der Waals surface area (Å²) in [5.74, 6) is -1.23. The first-order valence-electron chi connectivity index (χ1n) is 12.9. The fraction of sp³-hybridized carbons (Fsp3) is 0.519. The standard InChI is InChI=1S/C27H36F2N6O3/c1-6-34(7-2)11-9-8-10-30-26-31-14-17-12-18(21-22(28)19(37-4)13-20(38-5)23(21)29)32-25(24(17)33-26)35-15-27(3,36)16-35/h12-14,36H,6-11,15-16H2,1-5H3,(H,30,31,33). The molecule has 2 N–H and O–H groups in total. The van der Waals surface area contributed by atoms with Crippen LogP contribution in [0.25, 0.3) is 22.2 Å². The van der Waals surface area contributed by atoms with Gasteiger partial charge in [0.25, 0.3) is 0 Å². The fourth-order valence-corrected chi connectivity index (χ4v) is 4.69. The summed E-state index contributed by atoms with van der Waals surface area (Å²) in [6, 6.07) is 2.71. The van der Waals surface area contributed by atoms with Crippen molar-refractivity contribution in [2.75, 3.05) is 63.7 Å². The van der Waals surface area contributed by atoms with Gasteiger partial charge >= 0.3 is 0 Å². The molecule has 38 heavy (non-hydrogen) atoms. The third-order valence-corrected chi connectivity index (χ3v) is 6.82. The average Bonchev–Trinajstić information content (AvgIpc) is 2.89. The summed E-state index contributed by atoms with van der Waals surface area (Å²) in [4.78, 5) is 17.9. The highest BCUT2D eigenvalue weighted by Crippen LogP contribution is 2.40. The maximum absolute atomic E-state index is 15.3. The lowest BCUT2D eigenvalue weighted by Crippen LogP contribution is -2.60. The number of unbranched alkanes of at least 4 members (excludes halogenated alkanes) is 1. The Hall–Kier alpha value is -3.31. The Balaban J connectivity index is 1.68. The SMILES string of the molecule is CCN(CC)CCCCNc1ncc2cc(-c3c(F)c(OC)cc(OC)c3F)nc(N3CC(C)(O)C3)c2n1. The summed E-state index contributed by atoms with van der Waals surface area (Å²) < 4.78 is 40.8. The highest BCUT2D eigenvalue weighted by molar-refractivity contribution is 5.92. The molecule has 0 unspecified atom stereocenters. The van der Waals surface area contributed by atoms with Gasteiger partial charge in [-0.05, 0) is 45.5 Å². The highest BCUT2D eigenvalue weighted by atomic mass is 19.1. The Morgan fingerprint density at radius 1 is 1.05 bits per heavy atom. The van der Waals surface area contributed by atoms with Gasteiger partial charge < -0.3 is 29.7 Å². The number of hydrogen-bond acceptors (Lipinski definition) is 9. The van der Waals surface area contributed by atoms with Crippen molar-refractivity contribution in [1.82, 2.24) is 19.9 Å². The van der Waals surface area contributed by atoms with Gasteiger partial charge in [-0.2, -0.15) is 0 Å². The molecule has 0 atom stereocenters. The smallest absolute Gasteiger partial charge is 0.223 e. The number of ether oxygens (including phenoxy) is 2. The van der Waals surface area contributed by atoms with Crippen LogP contribution in [0.5, 0.6) is 11.5 Å². The van der Waals surface area contributed by atoms with Crippen LogP contribution in [0.1, 0.15) is 33.6 Å². The Morgan fingerprint density at radius 3 is 2.29 bits per heavy atom. The van der Waals surface area contributed by atoms with Crippen LogP contribution in [0.3, 0.4) is 0 Å². The summed E-state index contributed by atoms with van der Waals surface area (Å²) in [5, 5.41) is 14.2. The van der Waals surface area contributed by atoms with Gasteiger partial charge in [-0.1, -0.05) is 13.8 Å². The number of aromatic nitrogens is 3. The van der Waals surface area contributed by atoms with Crippen molar-refractivity contribution >= 4 is 22.7 Å². The van der Waals surface area contributed by atoms with Crippen molar-refractivity contribution < 1.29 is 23.4 Å². The van der Waals surface area contributed by atoms with Crippen molar-refractivity contribution in [2.45, 2.75) is 39.2 Å². The van der Waals surface area contributed by atoms with Gasteiger partial charge in [0.1, 0.15) is 5.52 Å². The maximum atomic E-state index is 15.3. The van der Waals surface area contributed by atoms with Gasteiger partial charge in [-0.3, -0.25) is 0 Å². The van der Waals surface area contributed by atoms with Gasteiger partial charge in [0.05, 0.1) is 31.1 Å². The number of anilines is 2. The summed E-state index contributed by atoms with van der Waals surface area (Å²) in [6.45, 7) is 10.5. The zero-order chi connectivity index (χ0) is 27.4. The van der Waals surface area contributed by atoms with Crippen molar-refractivity contribution in [3.8, 4) is 22.8 Å². The van der Waals surface area contributed by atoms with E-state index in [2.05, 4.69) is 39.0 Å². The van der Waals surface area contributed by atoms with Crippen LogP contribution >= 0.6 is 0 Å². The molecule has 0 aliphatic carbocycles. The molecule has 206 valence electrons. The number of fused-ring (bicyclic) bond motifs is 1. The average molecular weight is 531 g/mol. The molecule has 3 aromatic rings. The van der Waals surface area contributed by atoms with E-state index in [1.807, 2.05) is 4.90 Å². The van der Waals surface area contributed by atoms with E-state index in [-0.39, 0.29) is 22.8 Å². The molecule has 0 bridgehead atoms. The number of nitrogens with zero attached hydrogens (tertiary/aromatic N) is 5. The largest absolute Gasteiger partial charge is 0.494 e. The van der Waals surface area contributed by atoms with Crippen LogP contribution in [-0.2, 0) is 0 Å². The Bertz CT molecular complexity index is 1250. The molecule has 3 heterocycles. The van der Waals surface area contributed by atoms with Crippen molar-refractivity contribution in [1.29, 1.82) is 0 Å². The monoisotopic (exact) mass is 530 g/mol. The third kappa shape index (κ3) is 5.73. The number of halogens is 2. The first kappa shape index (κ1) is 27.7. The molecular formula is C27H36F2N6O3. The molecule has 1 fully saturated rings. The second-order valence-corrected chi connectivity index (χ2v) is 9.76. The first-order valence-corrected chi connectivity index (χ1v) is 12.9. The van der Waals surface area contributed by atoms with Gasteiger partial charge in [0, 0.05) is 37.3 Å². The predicted octanol–water partition coefficient (Wildman–Crippen LogP) is 4.09. The fourth-order valence-electron chi connectivity index (χ4n) is 4.69. The second-order valence-electron chi connectivity index (χ2n) is 9.76. The molecule has 1 aliphatic heterocycles. The van der Waals surface area contributed by atoms with Crippen molar-refractivity contribution in [2.24, 2.45) is 0 Å². The summed E-state index contributed by atoms with van der Waals surface area (Å²) in [6.07, 6.45) is 3.63. The minimum Gasteiger partial charge on any atom is -0.494 e. The van der Waals surface area contributed by atoms with Crippen LogP contribution < -0.4 is 19.7 Å². The lowest BCUT2D eigenvalue weighted by atomic mass is 9.96. The van der Waals surface area contributed by atoms with E-state index in [1.54, 1.807) is 19.2 Å². The lowest BCUT2D eigenvalue weighted by Gasteiger charge is -2.45. The number of nitrogens with one attached hydrogen (secondary N) is 1. The zero-order valence-electron chi connectivity index (χ0n) is 22.6. The molecule has 1 aliphatic rings. The van der Waals surface area contributed by atoms with Crippen molar-refractivity contribution in [3.63, 3.8) is 0 Å². The van der Waals surface area contributed by atoms with Gasteiger partial charge in [0.15, 0.2) is 29.0 Å². The predicted molar refractivity (Wildman–Crippen MR) is 144 cm³/mol. The second kappa shape index (κ2) is 11.6. The Labute approximate surface area is 221 Å². The van der Waals surface area contributed by atoms with E-state index in [1.165, 1.54) is 14.2 Å². The molecule has 0 spiro atoms. The molecular weight excluding hydrogens is 494 g/mol. The third-order valence-electron chi connectivity index (χ3n) is 6.82. The molecule has 0 radical (unpaired) electrons. The number of rotatable bonds is 12. The van der Waals surface area contributed by atoms with Crippen LogP contribution in [0.15, 0.2) is 18.3 Å². The van der Waals surface area contributed by atoms with Crippen LogP contribution in [0, 0.1) is 11.6 Å².